The third-order valence-electron chi connectivity index (χ3n) is 1.10. The Balaban J connectivity index is 2.68. The molecule has 0 fully saturated rings. The van der Waals surface area contributed by atoms with Gasteiger partial charge in [-0.2, -0.15) is 0 Å². The SMILES string of the molecule is NC(F)C(F)c1cnc[nH]1. The lowest BCUT2D eigenvalue weighted by molar-refractivity contribution is 0.171. The van der Waals surface area contributed by atoms with Crippen LogP contribution in [0, 0.1) is 0 Å². The van der Waals surface area contributed by atoms with Gasteiger partial charge in [-0.25, -0.2) is 13.8 Å². The van der Waals surface area contributed by atoms with Crippen LogP contribution in [0.25, 0.3) is 0 Å². The molecule has 2 atom stereocenters. The van der Waals surface area contributed by atoms with E-state index in [0.29, 0.717) is 0 Å². The first-order valence-electron chi connectivity index (χ1n) is 2.74. The van der Waals surface area contributed by atoms with Crippen LogP contribution in [0.5, 0.6) is 0 Å². The number of aromatic nitrogens is 2. The Morgan fingerprint density at radius 3 is 2.70 bits per heavy atom. The predicted molar refractivity (Wildman–Crippen MR) is 31.5 cm³/mol. The van der Waals surface area contributed by atoms with E-state index >= 15 is 0 Å². The summed E-state index contributed by atoms with van der Waals surface area (Å²) in [5.74, 6) is 0. The number of alkyl halides is 2. The number of nitrogens with zero attached hydrogens (tertiary/aromatic N) is 1. The fourth-order valence-corrected chi connectivity index (χ4v) is 0.589. The molecule has 3 nitrogen and oxygen atoms in total. The molecular weight excluding hydrogens is 140 g/mol. The van der Waals surface area contributed by atoms with Gasteiger partial charge in [0.2, 0.25) is 0 Å². The molecule has 1 heterocycles. The van der Waals surface area contributed by atoms with Gasteiger partial charge < -0.3 is 4.98 Å². The van der Waals surface area contributed by atoms with Crippen LogP contribution in [0.4, 0.5) is 8.78 Å². The summed E-state index contributed by atoms with van der Waals surface area (Å²) in [5.41, 5.74) is 4.70. The summed E-state index contributed by atoms with van der Waals surface area (Å²) < 4.78 is 24.5. The summed E-state index contributed by atoms with van der Waals surface area (Å²) in [6.07, 6.45) is -1.32. The van der Waals surface area contributed by atoms with Crippen LogP contribution in [0.1, 0.15) is 11.9 Å². The monoisotopic (exact) mass is 147 g/mol. The van der Waals surface area contributed by atoms with Gasteiger partial charge in [-0.05, 0) is 0 Å². The van der Waals surface area contributed by atoms with Crippen molar-refractivity contribution in [3.63, 3.8) is 0 Å². The minimum atomic E-state index is -1.99. The molecule has 0 amide bonds. The van der Waals surface area contributed by atoms with Gasteiger partial charge in [-0.3, -0.25) is 5.73 Å². The van der Waals surface area contributed by atoms with Gasteiger partial charge >= 0.3 is 0 Å². The summed E-state index contributed by atoms with van der Waals surface area (Å²) in [5, 5.41) is 0. The van der Waals surface area contributed by atoms with Crippen molar-refractivity contribution < 1.29 is 8.78 Å². The van der Waals surface area contributed by atoms with E-state index in [2.05, 4.69) is 15.7 Å². The van der Waals surface area contributed by atoms with Crippen LogP contribution in [0.3, 0.4) is 0 Å². The number of rotatable bonds is 2. The van der Waals surface area contributed by atoms with Gasteiger partial charge in [0.15, 0.2) is 12.5 Å². The maximum atomic E-state index is 12.5. The minimum Gasteiger partial charge on any atom is -0.346 e. The van der Waals surface area contributed by atoms with Crippen molar-refractivity contribution in [1.29, 1.82) is 0 Å². The first kappa shape index (κ1) is 7.14. The van der Waals surface area contributed by atoms with Gasteiger partial charge in [-0.1, -0.05) is 0 Å². The van der Waals surface area contributed by atoms with E-state index in [-0.39, 0.29) is 5.69 Å². The highest BCUT2D eigenvalue weighted by Crippen LogP contribution is 2.17. The second-order valence-electron chi connectivity index (χ2n) is 1.85. The standard InChI is InChI=1S/C5H7F2N3/c6-4(5(7)8)3-1-9-2-10-3/h1-2,4-5H,8H2,(H,9,10). The molecule has 1 aromatic heterocycles. The smallest absolute Gasteiger partial charge is 0.185 e. The first-order chi connectivity index (χ1) is 4.72. The Kier molecular flexibility index (Phi) is 1.96. The van der Waals surface area contributed by atoms with E-state index in [4.69, 9.17) is 0 Å². The van der Waals surface area contributed by atoms with Crippen LogP contribution >= 0.6 is 0 Å². The molecule has 0 spiro atoms. The Labute approximate surface area is 56.3 Å². The number of nitrogens with one attached hydrogen (secondary N) is 1. The largest absolute Gasteiger partial charge is 0.346 e. The Hall–Kier alpha value is -0.970. The second kappa shape index (κ2) is 2.74. The molecule has 5 heteroatoms. The number of H-pyrrole nitrogens is 1. The quantitative estimate of drug-likeness (QED) is 0.604. The molecule has 56 valence electrons. The zero-order valence-corrected chi connectivity index (χ0v) is 5.09. The van der Waals surface area contributed by atoms with Crippen LogP contribution in [-0.2, 0) is 0 Å². The van der Waals surface area contributed by atoms with E-state index in [1.807, 2.05) is 0 Å². The molecule has 0 aliphatic heterocycles. The van der Waals surface area contributed by atoms with Gasteiger partial charge in [0, 0.05) is 0 Å². The number of imidazole rings is 1. The number of halogens is 2. The molecule has 10 heavy (non-hydrogen) atoms. The van der Waals surface area contributed by atoms with Crippen molar-refractivity contribution in [3.8, 4) is 0 Å². The fourth-order valence-electron chi connectivity index (χ4n) is 0.589. The van der Waals surface area contributed by atoms with E-state index in [1.54, 1.807) is 0 Å². The Bertz CT molecular complexity index is 185. The van der Waals surface area contributed by atoms with Gasteiger partial charge in [0.25, 0.3) is 0 Å². The summed E-state index contributed by atoms with van der Waals surface area (Å²) >= 11 is 0. The third-order valence-corrected chi connectivity index (χ3v) is 1.10. The lowest BCUT2D eigenvalue weighted by Gasteiger charge is -2.04. The van der Waals surface area contributed by atoms with E-state index in [1.165, 1.54) is 12.5 Å². The number of nitrogens with two attached hydrogens (primary N) is 1. The van der Waals surface area contributed by atoms with Crippen LogP contribution in [0.15, 0.2) is 12.5 Å². The number of aromatic amines is 1. The van der Waals surface area contributed by atoms with Crippen molar-refractivity contribution in [3.05, 3.63) is 18.2 Å². The lowest BCUT2D eigenvalue weighted by Crippen LogP contribution is -2.20. The molecule has 0 aromatic carbocycles. The fraction of sp³-hybridized carbons (Fsp3) is 0.400. The van der Waals surface area contributed by atoms with Gasteiger partial charge in [0.05, 0.1) is 18.2 Å². The van der Waals surface area contributed by atoms with E-state index < -0.39 is 12.5 Å². The van der Waals surface area contributed by atoms with E-state index in [9.17, 15) is 8.78 Å². The van der Waals surface area contributed by atoms with Crippen LogP contribution < -0.4 is 5.73 Å². The Morgan fingerprint density at radius 1 is 1.60 bits per heavy atom. The molecule has 2 unspecified atom stereocenters. The van der Waals surface area contributed by atoms with E-state index in [0.717, 1.165) is 0 Å². The number of hydrogen-bond acceptors (Lipinski definition) is 2. The van der Waals surface area contributed by atoms with Crippen molar-refractivity contribution in [1.82, 2.24) is 9.97 Å². The highest BCUT2D eigenvalue weighted by molar-refractivity contribution is 5.00. The lowest BCUT2D eigenvalue weighted by atomic mass is 10.3. The highest BCUT2D eigenvalue weighted by Gasteiger charge is 2.18. The maximum absolute atomic E-state index is 12.5. The highest BCUT2D eigenvalue weighted by atomic mass is 19.2. The summed E-state index contributed by atoms with van der Waals surface area (Å²) in [6, 6.07) is 0. The average molecular weight is 147 g/mol. The summed E-state index contributed by atoms with van der Waals surface area (Å²) in [7, 11) is 0. The maximum Gasteiger partial charge on any atom is 0.185 e. The zero-order chi connectivity index (χ0) is 7.56. The normalized spacial score (nSPS) is 16.7. The van der Waals surface area contributed by atoms with Crippen molar-refractivity contribution in [2.75, 3.05) is 0 Å². The van der Waals surface area contributed by atoms with Crippen LogP contribution in [-0.4, -0.2) is 16.3 Å². The molecular formula is C5H7F2N3. The first-order valence-corrected chi connectivity index (χ1v) is 2.74. The molecule has 0 saturated carbocycles. The molecule has 0 saturated heterocycles. The van der Waals surface area contributed by atoms with Gasteiger partial charge in [0.1, 0.15) is 0 Å². The topological polar surface area (TPSA) is 54.7 Å². The molecule has 0 radical (unpaired) electrons. The van der Waals surface area contributed by atoms with Crippen LogP contribution in [0.2, 0.25) is 0 Å². The predicted octanol–water partition coefficient (Wildman–Crippen LogP) is 0.675. The second-order valence-corrected chi connectivity index (χ2v) is 1.85. The minimum absolute atomic E-state index is 0.0648. The Morgan fingerprint density at radius 2 is 2.30 bits per heavy atom. The molecule has 0 aliphatic carbocycles. The number of hydrogen-bond donors (Lipinski definition) is 2. The molecule has 3 N–H and O–H groups in total. The summed E-state index contributed by atoms with van der Waals surface area (Å²) in [4.78, 5) is 5.92. The average Bonchev–Trinajstić information content (AvgIpc) is 2.36. The summed E-state index contributed by atoms with van der Waals surface area (Å²) in [6.45, 7) is 0. The molecule has 1 rings (SSSR count). The molecule has 0 aliphatic rings. The molecule has 1 aromatic rings. The van der Waals surface area contributed by atoms with Gasteiger partial charge in [-0.15, -0.1) is 0 Å². The zero-order valence-electron chi connectivity index (χ0n) is 5.09. The van der Waals surface area contributed by atoms with Crippen molar-refractivity contribution in [2.24, 2.45) is 5.73 Å². The van der Waals surface area contributed by atoms with Crippen molar-refractivity contribution >= 4 is 0 Å². The molecule has 0 bridgehead atoms. The third kappa shape index (κ3) is 1.30. The van der Waals surface area contributed by atoms with Crippen molar-refractivity contribution in [2.45, 2.75) is 12.5 Å².